The van der Waals surface area contributed by atoms with Gasteiger partial charge < -0.3 is 15.0 Å². The SMILES string of the molecule is Cc1c(CNc2ccc(CCC=O)c(F)c2)ccc2c1N(CCCc1ccccc1)CCC2. The first-order valence-corrected chi connectivity index (χ1v) is 12.0. The molecule has 0 amide bonds. The molecule has 0 bridgehead atoms. The van der Waals surface area contributed by atoms with Gasteiger partial charge in [0.15, 0.2) is 0 Å². The van der Waals surface area contributed by atoms with Crippen molar-refractivity contribution < 1.29 is 9.18 Å². The van der Waals surface area contributed by atoms with Crippen molar-refractivity contribution in [2.45, 2.75) is 52.0 Å². The van der Waals surface area contributed by atoms with E-state index in [0.717, 1.165) is 44.3 Å². The van der Waals surface area contributed by atoms with E-state index in [4.69, 9.17) is 0 Å². The third-order valence-electron chi connectivity index (χ3n) is 6.62. The smallest absolute Gasteiger partial charge is 0.128 e. The molecule has 172 valence electrons. The number of aldehydes is 1. The molecule has 0 atom stereocenters. The normalized spacial score (nSPS) is 13.0. The Hall–Kier alpha value is -3.14. The van der Waals surface area contributed by atoms with Gasteiger partial charge in [0.05, 0.1) is 0 Å². The summed E-state index contributed by atoms with van der Waals surface area (Å²) in [7, 11) is 0. The van der Waals surface area contributed by atoms with Crippen molar-refractivity contribution in [3.63, 3.8) is 0 Å². The van der Waals surface area contributed by atoms with Crippen LogP contribution in [0.15, 0.2) is 60.7 Å². The molecule has 0 saturated heterocycles. The number of nitrogens with one attached hydrogen (secondary N) is 1. The fraction of sp³-hybridized carbons (Fsp3) is 0.345. The van der Waals surface area contributed by atoms with Crippen LogP contribution in [0.2, 0.25) is 0 Å². The Labute approximate surface area is 196 Å². The van der Waals surface area contributed by atoms with Gasteiger partial charge >= 0.3 is 0 Å². The number of hydrogen-bond donors (Lipinski definition) is 1. The van der Waals surface area contributed by atoms with Gasteiger partial charge in [-0.2, -0.15) is 0 Å². The molecular formula is C29H33FN2O. The summed E-state index contributed by atoms with van der Waals surface area (Å²) >= 11 is 0. The second kappa shape index (κ2) is 11.1. The second-order valence-electron chi connectivity index (χ2n) is 8.90. The highest BCUT2D eigenvalue weighted by molar-refractivity contribution is 5.64. The van der Waals surface area contributed by atoms with E-state index in [1.807, 2.05) is 6.07 Å². The number of anilines is 2. The van der Waals surface area contributed by atoms with Crippen LogP contribution < -0.4 is 10.2 Å². The van der Waals surface area contributed by atoms with Crippen LogP contribution in [-0.2, 0) is 30.6 Å². The standard InChI is InChI=1S/C29H33FN2O/c1-22-26(21-31-27-16-15-24(12-7-19-33)28(30)20-27)14-13-25-11-6-18-32(29(22)25)17-5-10-23-8-3-2-4-9-23/h2-4,8-9,13-16,19-20,31H,5-7,10-12,17-18,21H2,1H3. The molecule has 4 rings (SSSR count). The van der Waals surface area contributed by atoms with Crippen LogP contribution in [0.1, 0.15) is 47.1 Å². The summed E-state index contributed by atoms with van der Waals surface area (Å²) in [5.74, 6) is -0.256. The number of halogens is 1. The minimum Gasteiger partial charge on any atom is -0.381 e. The zero-order chi connectivity index (χ0) is 23.0. The van der Waals surface area contributed by atoms with Crippen molar-refractivity contribution in [2.24, 2.45) is 0 Å². The monoisotopic (exact) mass is 444 g/mol. The Kier molecular flexibility index (Phi) is 7.77. The number of rotatable bonds is 10. The van der Waals surface area contributed by atoms with E-state index < -0.39 is 0 Å². The Morgan fingerprint density at radius 1 is 1.03 bits per heavy atom. The Bertz CT molecular complexity index is 1080. The fourth-order valence-electron chi connectivity index (χ4n) is 4.82. The lowest BCUT2D eigenvalue weighted by atomic mass is 9.94. The van der Waals surface area contributed by atoms with Crippen LogP contribution in [0.4, 0.5) is 15.8 Å². The zero-order valence-electron chi connectivity index (χ0n) is 19.4. The topological polar surface area (TPSA) is 32.3 Å². The van der Waals surface area contributed by atoms with E-state index in [1.54, 1.807) is 6.07 Å². The van der Waals surface area contributed by atoms with Gasteiger partial charge in [-0.05, 0) is 79.0 Å². The number of hydrogen-bond acceptors (Lipinski definition) is 3. The minimum absolute atomic E-state index is 0.256. The number of aryl methyl sites for hydroxylation is 3. The first-order chi connectivity index (χ1) is 16.2. The van der Waals surface area contributed by atoms with Crippen LogP contribution in [0.5, 0.6) is 0 Å². The molecule has 0 unspecified atom stereocenters. The Morgan fingerprint density at radius 3 is 2.64 bits per heavy atom. The van der Waals surface area contributed by atoms with Crippen molar-refractivity contribution >= 4 is 17.7 Å². The molecule has 0 aromatic heterocycles. The molecule has 1 aliphatic rings. The average molecular weight is 445 g/mol. The van der Waals surface area contributed by atoms with Crippen LogP contribution in [0.25, 0.3) is 0 Å². The molecule has 1 heterocycles. The number of fused-ring (bicyclic) bond motifs is 1. The molecule has 0 saturated carbocycles. The number of carbonyl (C=O) groups is 1. The van der Waals surface area contributed by atoms with Gasteiger partial charge in [0, 0.05) is 37.4 Å². The van der Waals surface area contributed by atoms with Crippen molar-refractivity contribution in [1.29, 1.82) is 0 Å². The molecule has 4 heteroatoms. The molecule has 0 aliphatic carbocycles. The fourth-order valence-corrected chi connectivity index (χ4v) is 4.82. The first-order valence-electron chi connectivity index (χ1n) is 12.0. The molecule has 3 aromatic rings. The van der Waals surface area contributed by atoms with Crippen molar-refractivity contribution in [3.05, 3.63) is 94.3 Å². The highest BCUT2D eigenvalue weighted by Gasteiger charge is 2.20. The van der Waals surface area contributed by atoms with E-state index in [9.17, 15) is 9.18 Å². The van der Waals surface area contributed by atoms with Crippen molar-refractivity contribution in [2.75, 3.05) is 23.3 Å². The summed E-state index contributed by atoms with van der Waals surface area (Å²) in [6, 6.07) is 20.4. The van der Waals surface area contributed by atoms with E-state index in [-0.39, 0.29) is 5.82 Å². The Morgan fingerprint density at radius 2 is 1.85 bits per heavy atom. The molecule has 0 spiro atoms. The van der Waals surface area contributed by atoms with Crippen molar-refractivity contribution in [3.8, 4) is 0 Å². The maximum Gasteiger partial charge on any atom is 0.128 e. The maximum absolute atomic E-state index is 14.3. The largest absolute Gasteiger partial charge is 0.381 e. The lowest BCUT2D eigenvalue weighted by Gasteiger charge is -2.34. The number of carbonyl (C=O) groups excluding carboxylic acids is 1. The third-order valence-corrected chi connectivity index (χ3v) is 6.62. The van der Waals surface area contributed by atoms with Gasteiger partial charge in [-0.1, -0.05) is 48.5 Å². The number of benzene rings is 3. The molecule has 1 aliphatic heterocycles. The van der Waals surface area contributed by atoms with Gasteiger partial charge in [0.25, 0.3) is 0 Å². The van der Waals surface area contributed by atoms with E-state index in [1.165, 1.54) is 40.4 Å². The highest BCUT2D eigenvalue weighted by Crippen LogP contribution is 2.33. The van der Waals surface area contributed by atoms with E-state index in [0.29, 0.717) is 24.9 Å². The molecule has 3 aromatic carbocycles. The third kappa shape index (κ3) is 5.81. The van der Waals surface area contributed by atoms with Gasteiger partial charge in [-0.3, -0.25) is 0 Å². The van der Waals surface area contributed by atoms with Gasteiger partial charge in [0.2, 0.25) is 0 Å². The summed E-state index contributed by atoms with van der Waals surface area (Å²) in [6.45, 7) is 5.04. The first kappa shape index (κ1) is 23.0. The zero-order valence-corrected chi connectivity index (χ0v) is 19.4. The number of nitrogens with zero attached hydrogens (tertiary/aromatic N) is 1. The molecule has 3 nitrogen and oxygen atoms in total. The predicted molar refractivity (Wildman–Crippen MR) is 135 cm³/mol. The summed E-state index contributed by atoms with van der Waals surface area (Å²) in [6.07, 6.45) is 6.19. The van der Waals surface area contributed by atoms with E-state index >= 15 is 0 Å². The quantitative estimate of drug-likeness (QED) is 0.375. The molecule has 0 radical (unpaired) electrons. The molecule has 1 N–H and O–H groups in total. The molecular weight excluding hydrogens is 411 g/mol. The Balaban J connectivity index is 1.42. The maximum atomic E-state index is 14.3. The minimum atomic E-state index is -0.256. The highest BCUT2D eigenvalue weighted by atomic mass is 19.1. The van der Waals surface area contributed by atoms with Gasteiger partial charge in [-0.15, -0.1) is 0 Å². The van der Waals surface area contributed by atoms with Crippen LogP contribution in [-0.4, -0.2) is 19.4 Å². The average Bonchev–Trinajstić information content (AvgIpc) is 2.84. The van der Waals surface area contributed by atoms with Gasteiger partial charge in [-0.25, -0.2) is 4.39 Å². The summed E-state index contributed by atoms with van der Waals surface area (Å²) < 4.78 is 14.3. The van der Waals surface area contributed by atoms with Crippen LogP contribution in [0, 0.1) is 12.7 Å². The van der Waals surface area contributed by atoms with Crippen LogP contribution >= 0.6 is 0 Å². The lowest BCUT2D eigenvalue weighted by Crippen LogP contribution is -2.31. The molecule has 0 fully saturated rings. The lowest BCUT2D eigenvalue weighted by molar-refractivity contribution is -0.107. The van der Waals surface area contributed by atoms with Crippen LogP contribution in [0.3, 0.4) is 0 Å². The van der Waals surface area contributed by atoms with E-state index in [2.05, 4.69) is 59.6 Å². The van der Waals surface area contributed by atoms with Crippen molar-refractivity contribution in [1.82, 2.24) is 0 Å². The second-order valence-corrected chi connectivity index (χ2v) is 8.90. The summed E-state index contributed by atoms with van der Waals surface area (Å²) in [5, 5.41) is 3.38. The summed E-state index contributed by atoms with van der Waals surface area (Å²) in [5.41, 5.74) is 8.14. The molecule has 33 heavy (non-hydrogen) atoms. The summed E-state index contributed by atoms with van der Waals surface area (Å²) in [4.78, 5) is 13.1. The van der Waals surface area contributed by atoms with Gasteiger partial charge in [0.1, 0.15) is 12.1 Å². The predicted octanol–water partition coefficient (Wildman–Crippen LogP) is 6.26.